The molecule has 1 N–H and O–H groups in total. The summed E-state index contributed by atoms with van der Waals surface area (Å²) < 4.78 is 64.4. The Morgan fingerprint density at radius 1 is 1.03 bits per heavy atom. The topological polar surface area (TPSA) is 77.8 Å². The van der Waals surface area contributed by atoms with Crippen LogP contribution in [0.3, 0.4) is 0 Å². The van der Waals surface area contributed by atoms with Gasteiger partial charge < -0.3 is 19.1 Å². The summed E-state index contributed by atoms with van der Waals surface area (Å²) in [7, 11) is 0. The Labute approximate surface area is 225 Å². The predicted octanol–water partition coefficient (Wildman–Crippen LogP) is 7.18. The summed E-state index contributed by atoms with van der Waals surface area (Å²) in [6, 6.07) is 15.8. The van der Waals surface area contributed by atoms with Crippen molar-refractivity contribution in [2.24, 2.45) is 0 Å². The van der Waals surface area contributed by atoms with Gasteiger partial charge in [0.05, 0.1) is 16.8 Å². The molecule has 1 heterocycles. The molecule has 3 aromatic carbocycles. The first-order valence-corrected chi connectivity index (χ1v) is 12.1. The summed E-state index contributed by atoms with van der Waals surface area (Å²) in [5, 5.41) is 9.92. The maximum absolute atomic E-state index is 14.6. The number of carboxylic acids is 1. The van der Waals surface area contributed by atoms with Crippen molar-refractivity contribution in [1.29, 1.82) is 0 Å². The van der Waals surface area contributed by atoms with Crippen molar-refractivity contribution in [2.75, 3.05) is 0 Å². The zero-order valence-electron chi connectivity index (χ0n) is 20.5. The van der Waals surface area contributed by atoms with E-state index in [1.54, 1.807) is 31.2 Å². The van der Waals surface area contributed by atoms with E-state index in [2.05, 4.69) is 4.74 Å². The van der Waals surface area contributed by atoms with Gasteiger partial charge in [0, 0.05) is 28.6 Å². The van der Waals surface area contributed by atoms with E-state index in [-0.39, 0.29) is 46.4 Å². The highest BCUT2D eigenvalue weighted by Crippen LogP contribution is 2.34. The van der Waals surface area contributed by atoms with Crippen molar-refractivity contribution >= 4 is 34.3 Å². The molecular weight excluding hydrogens is 542 g/mol. The maximum Gasteiger partial charge on any atom is 0.573 e. The number of nitrogens with zero attached hydrogens (tertiary/aromatic N) is 1. The van der Waals surface area contributed by atoms with E-state index >= 15 is 0 Å². The minimum Gasteiger partial charge on any atom is -0.479 e. The van der Waals surface area contributed by atoms with Gasteiger partial charge in [-0.3, -0.25) is 4.79 Å². The van der Waals surface area contributed by atoms with Gasteiger partial charge >= 0.3 is 12.3 Å². The Morgan fingerprint density at radius 2 is 1.74 bits per heavy atom. The van der Waals surface area contributed by atoms with Crippen LogP contribution in [-0.2, 0) is 18.0 Å². The molecule has 0 spiro atoms. The Bertz CT molecular complexity index is 1520. The van der Waals surface area contributed by atoms with Gasteiger partial charge in [0.25, 0.3) is 0 Å². The van der Waals surface area contributed by atoms with Gasteiger partial charge in [-0.2, -0.15) is 0 Å². The van der Waals surface area contributed by atoms with E-state index in [1.165, 1.54) is 34.9 Å². The number of fused-ring (bicyclic) bond motifs is 1. The van der Waals surface area contributed by atoms with Crippen LogP contribution >= 0.6 is 11.6 Å². The lowest BCUT2D eigenvalue weighted by atomic mass is 10.0. The summed E-state index contributed by atoms with van der Waals surface area (Å²) >= 11 is 5.93. The van der Waals surface area contributed by atoms with Crippen molar-refractivity contribution in [1.82, 2.24) is 4.57 Å². The highest BCUT2D eigenvalue weighted by atomic mass is 35.5. The number of hydrogen-bond donors (Lipinski definition) is 1. The highest BCUT2D eigenvalue weighted by molar-refractivity contribution is 6.30. The Kier molecular flexibility index (Phi) is 8.15. The third kappa shape index (κ3) is 6.34. The van der Waals surface area contributed by atoms with Crippen LogP contribution in [0.1, 0.15) is 40.5 Å². The number of aliphatic carboxylic acids is 1. The SMILES string of the molecule is CC[C@@H](Oc1cccc(Cn2c(CF)c(C(=O)c3ccc(Cl)cc3)c3ccc(OC(F)(F)F)cc32)c1)C(=O)O. The molecule has 1 atom stereocenters. The van der Waals surface area contributed by atoms with Crippen molar-refractivity contribution in [3.8, 4) is 11.5 Å². The van der Waals surface area contributed by atoms with Crippen LogP contribution in [0.25, 0.3) is 10.9 Å². The number of carbonyl (C=O) groups is 2. The molecule has 0 bridgehead atoms. The normalized spacial score (nSPS) is 12.4. The molecule has 204 valence electrons. The van der Waals surface area contributed by atoms with Gasteiger partial charge in [-0.1, -0.05) is 30.7 Å². The molecule has 39 heavy (non-hydrogen) atoms. The third-order valence-corrected chi connectivity index (χ3v) is 6.25. The number of ketones is 1. The summed E-state index contributed by atoms with van der Waals surface area (Å²) in [6.45, 7) is 0.508. The number of hydrogen-bond acceptors (Lipinski definition) is 4. The Balaban J connectivity index is 1.84. The molecule has 0 fully saturated rings. The first-order valence-electron chi connectivity index (χ1n) is 11.8. The first kappa shape index (κ1) is 28.0. The fraction of sp³-hybridized carbons (Fsp3) is 0.214. The molecule has 0 saturated heterocycles. The van der Waals surface area contributed by atoms with Crippen molar-refractivity contribution in [3.63, 3.8) is 0 Å². The van der Waals surface area contributed by atoms with Crippen molar-refractivity contribution in [3.05, 3.63) is 94.1 Å². The molecular formula is C28H22ClF4NO5. The second-order valence-corrected chi connectivity index (χ2v) is 9.04. The third-order valence-electron chi connectivity index (χ3n) is 6.00. The van der Waals surface area contributed by atoms with Gasteiger partial charge in [0.15, 0.2) is 11.9 Å². The lowest BCUT2D eigenvalue weighted by molar-refractivity contribution is -0.274. The van der Waals surface area contributed by atoms with Gasteiger partial charge in [-0.15, -0.1) is 13.2 Å². The summed E-state index contributed by atoms with van der Waals surface area (Å²) in [4.78, 5) is 24.9. The quantitative estimate of drug-likeness (QED) is 0.163. The molecule has 4 aromatic rings. The second-order valence-electron chi connectivity index (χ2n) is 8.60. The molecule has 0 amide bonds. The molecule has 0 saturated carbocycles. The van der Waals surface area contributed by atoms with E-state index < -0.39 is 36.6 Å². The molecule has 1 aromatic heterocycles. The fourth-order valence-electron chi connectivity index (χ4n) is 4.27. The summed E-state index contributed by atoms with van der Waals surface area (Å²) in [5.74, 6) is -1.95. The monoisotopic (exact) mass is 563 g/mol. The minimum atomic E-state index is -4.96. The summed E-state index contributed by atoms with van der Waals surface area (Å²) in [6.07, 6.45) is -5.83. The van der Waals surface area contributed by atoms with Gasteiger partial charge in [-0.25, -0.2) is 9.18 Å². The number of carboxylic acid groups (broad SMARTS) is 1. The zero-order chi connectivity index (χ0) is 28.3. The van der Waals surface area contributed by atoms with Gasteiger partial charge in [-0.05, 0) is 60.5 Å². The molecule has 0 aliphatic carbocycles. The molecule has 6 nitrogen and oxygen atoms in total. The molecule has 11 heteroatoms. The van der Waals surface area contributed by atoms with E-state index in [9.17, 15) is 32.3 Å². The molecule has 0 radical (unpaired) electrons. The lowest BCUT2D eigenvalue weighted by Gasteiger charge is -2.15. The molecule has 0 unspecified atom stereocenters. The average molecular weight is 564 g/mol. The van der Waals surface area contributed by atoms with E-state index in [4.69, 9.17) is 16.3 Å². The van der Waals surface area contributed by atoms with Crippen LogP contribution in [0.4, 0.5) is 17.6 Å². The number of carbonyl (C=O) groups excluding carboxylic acids is 1. The number of rotatable bonds is 10. The van der Waals surface area contributed by atoms with Gasteiger partial charge in [0.1, 0.15) is 18.2 Å². The number of halogens is 5. The second kappa shape index (κ2) is 11.4. The molecule has 0 aliphatic heterocycles. The number of benzene rings is 3. The highest BCUT2D eigenvalue weighted by Gasteiger charge is 2.32. The van der Waals surface area contributed by atoms with Crippen LogP contribution in [0.5, 0.6) is 11.5 Å². The van der Waals surface area contributed by atoms with Crippen LogP contribution in [0.15, 0.2) is 66.7 Å². The Morgan fingerprint density at radius 3 is 2.36 bits per heavy atom. The summed E-state index contributed by atoms with van der Waals surface area (Å²) in [5.41, 5.74) is 0.852. The number of ether oxygens (including phenoxy) is 2. The standard InChI is InChI=1S/C28H22ClF4NO5/c1-2-24(27(36)37)38-19-5-3-4-16(12-19)15-34-22-13-20(39-28(31,32)33)10-11-21(22)25(23(34)14-30)26(35)17-6-8-18(29)9-7-17/h3-13,24H,2,14-15H2,1H3,(H,36,37)/t24-/m1/s1. The minimum absolute atomic E-state index is 0.00212. The molecule has 4 rings (SSSR count). The smallest absolute Gasteiger partial charge is 0.479 e. The Hall–Kier alpha value is -4.05. The van der Waals surface area contributed by atoms with Crippen molar-refractivity contribution < 1.29 is 41.7 Å². The average Bonchev–Trinajstić information content (AvgIpc) is 3.18. The van der Waals surface area contributed by atoms with E-state index in [0.717, 1.165) is 12.1 Å². The van der Waals surface area contributed by atoms with Crippen molar-refractivity contribution in [2.45, 2.75) is 39.0 Å². The van der Waals surface area contributed by atoms with Crippen LogP contribution < -0.4 is 9.47 Å². The van der Waals surface area contributed by atoms with Crippen LogP contribution in [-0.4, -0.2) is 33.9 Å². The largest absolute Gasteiger partial charge is 0.573 e. The fourth-order valence-corrected chi connectivity index (χ4v) is 4.40. The first-order chi connectivity index (χ1) is 18.5. The van der Waals surface area contributed by atoms with Crippen LogP contribution in [0, 0.1) is 0 Å². The van der Waals surface area contributed by atoms with Gasteiger partial charge in [0.2, 0.25) is 0 Å². The predicted molar refractivity (Wildman–Crippen MR) is 136 cm³/mol. The van der Waals surface area contributed by atoms with E-state index in [0.29, 0.717) is 10.6 Å². The molecule has 0 aliphatic rings. The van der Waals surface area contributed by atoms with Crippen LogP contribution in [0.2, 0.25) is 5.02 Å². The van der Waals surface area contributed by atoms with E-state index in [1.807, 2.05) is 0 Å². The zero-order valence-corrected chi connectivity index (χ0v) is 21.2. The maximum atomic E-state index is 14.6. The number of alkyl halides is 4. The lowest BCUT2D eigenvalue weighted by Crippen LogP contribution is -2.25. The number of aromatic nitrogens is 1.